The molecule has 0 unspecified atom stereocenters. The lowest BCUT2D eigenvalue weighted by atomic mass is 10.1. The van der Waals surface area contributed by atoms with Crippen molar-refractivity contribution in [2.75, 3.05) is 0 Å². The van der Waals surface area contributed by atoms with Gasteiger partial charge in [-0.25, -0.2) is 0 Å². The molecule has 0 saturated carbocycles. The van der Waals surface area contributed by atoms with E-state index in [1.807, 2.05) is 6.07 Å². The zero-order valence-electron chi connectivity index (χ0n) is 10.7. The van der Waals surface area contributed by atoms with E-state index in [-0.39, 0.29) is 10.6 Å². The summed E-state index contributed by atoms with van der Waals surface area (Å²) in [5.74, 6) is 0.620. The second-order valence-electron chi connectivity index (χ2n) is 4.13. The molecule has 0 aliphatic heterocycles. The summed E-state index contributed by atoms with van der Waals surface area (Å²) < 4.78 is 37.8. The molecule has 0 heterocycles. The van der Waals surface area contributed by atoms with Crippen LogP contribution in [0.15, 0.2) is 66.1 Å². The molecule has 0 spiro atoms. The van der Waals surface area contributed by atoms with Crippen molar-refractivity contribution in [3.05, 3.63) is 66.7 Å². The van der Waals surface area contributed by atoms with Crippen molar-refractivity contribution in [2.45, 2.75) is 11.3 Å². The van der Waals surface area contributed by atoms with Gasteiger partial charge in [-0.15, -0.1) is 6.58 Å². The molecule has 0 bridgehead atoms. The van der Waals surface area contributed by atoms with Crippen LogP contribution in [0, 0.1) is 0 Å². The van der Waals surface area contributed by atoms with Gasteiger partial charge in [0.15, 0.2) is 5.75 Å². The number of benzene rings is 2. The molecule has 0 aromatic heterocycles. The molecule has 0 aliphatic rings. The highest BCUT2D eigenvalue weighted by Crippen LogP contribution is 2.32. The van der Waals surface area contributed by atoms with E-state index in [4.69, 9.17) is 4.74 Å². The maximum absolute atomic E-state index is 11.5. The lowest BCUT2D eigenvalue weighted by molar-refractivity contribution is 0.446. The van der Waals surface area contributed by atoms with E-state index in [0.717, 1.165) is 0 Å². The summed E-state index contributed by atoms with van der Waals surface area (Å²) in [6, 6.07) is 13.4. The normalized spacial score (nSPS) is 11.1. The van der Waals surface area contributed by atoms with Gasteiger partial charge in [0.25, 0.3) is 10.1 Å². The van der Waals surface area contributed by atoms with Crippen molar-refractivity contribution < 1.29 is 17.7 Å². The van der Waals surface area contributed by atoms with Crippen LogP contribution in [0.1, 0.15) is 5.56 Å². The second kappa shape index (κ2) is 5.90. The van der Waals surface area contributed by atoms with Crippen molar-refractivity contribution in [2.24, 2.45) is 0 Å². The number of allylic oxidation sites excluding steroid dienone is 1. The number of ether oxygens (including phenoxy) is 1. The van der Waals surface area contributed by atoms with Gasteiger partial charge in [-0.3, -0.25) is 4.55 Å². The third-order valence-electron chi connectivity index (χ3n) is 2.67. The van der Waals surface area contributed by atoms with Gasteiger partial charge in [0.1, 0.15) is 10.6 Å². The van der Waals surface area contributed by atoms with Gasteiger partial charge in [-0.2, -0.15) is 8.42 Å². The molecule has 0 amide bonds. The molecule has 4 nitrogen and oxygen atoms in total. The van der Waals surface area contributed by atoms with Crippen LogP contribution < -0.4 is 4.74 Å². The third kappa shape index (κ3) is 3.26. The highest BCUT2D eigenvalue weighted by Gasteiger charge is 2.19. The van der Waals surface area contributed by atoms with E-state index >= 15 is 0 Å². The fourth-order valence-corrected chi connectivity index (χ4v) is 2.46. The summed E-state index contributed by atoms with van der Waals surface area (Å²) in [5.41, 5.74) is 0.638. The van der Waals surface area contributed by atoms with Crippen molar-refractivity contribution in [1.29, 1.82) is 0 Å². The lowest BCUT2D eigenvalue weighted by Gasteiger charge is -2.13. The Morgan fingerprint density at radius 1 is 1.10 bits per heavy atom. The summed E-state index contributed by atoms with van der Waals surface area (Å²) in [6.45, 7) is 3.63. The number of para-hydroxylation sites is 2. The van der Waals surface area contributed by atoms with Crippen LogP contribution in [-0.2, 0) is 16.5 Å². The van der Waals surface area contributed by atoms with E-state index < -0.39 is 10.1 Å². The fraction of sp³-hybridized carbons (Fsp3) is 0.0667. The van der Waals surface area contributed by atoms with Gasteiger partial charge in [-0.1, -0.05) is 36.4 Å². The molecule has 104 valence electrons. The Morgan fingerprint density at radius 3 is 2.40 bits per heavy atom. The Morgan fingerprint density at radius 2 is 1.80 bits per heavy atom. The minimum Gasteiger partial charge on any atom is -0.456 e. The Bertz CT molecular complexity index is 706. The summed E-state index contributed by atoms with van der Waals surface area (Å²) in [4.78, 5) is -0.249. The Kier molecular flexibility index (Phi) is 4.22. The first-order valence-corrected chi connectivity index (χ1v) is 7.39. The number of rotatable bonds is 5. The summed E-state index contributed by atoms with van der Waals surface area (Å²) >= 11 is 0. The Labute approximate surface area is 118 Å². The SMILES string of the molecule is C=CCc1cccc(S(=O)(=O)O)c1Oc1ccccc1. The molecule has 0 saturated heterocycles. The molecule has 1 N–H and O–H groups in total. The van der Waals surface area contributed by atoms with E-state index in [1.165, 1.54) is 6.07 Å². The zero-order valence-corrected chi connectivity index (χ0v) is 11.5. The van der Waals surface area contributed by atoms with Gasteiger partial charge in [0.2, 0.25) is 0 Å². The quantitative estimate of drug-likeness (QED) is 0.676. The first kappa shape index (κ1) is 14.3. The van der Waals surface area contributed by atoms with Crippen molar-refractivity contribution in [1.82, 2.24) is 0 Å². The van der Waals surface area contributed by atoms with Crippen LogP contribution in [0.5, 0.6) is 11.5 Å². The minimum absolute atomic E-state index is 0.126. The van der Waals surface area contributed by atoms with E-state index in [2.05, 4.69) is 6.58 Å². The molecule has 2 rings (SSSR count). The topological polar surface area (TPSA) is 63.6 Å². The summed E-state index contributed by atoms with van der Waals surface area (Å²) in [5, 5.41) is 0. The third-order valence-corrected chi connectivity index (χ3v) is 3.54. The molecular weight excluding hydrogens is 276 g/mol. The van der Waals surface area contributed by atoms with E-state index in [0.29, 0.717) is 17.7 Å². The maximum Gasteiger partial charge on any atom is 0.298 e. The predicted octanol–water partition coefficient (Wildman–Crippen LogP) is 3.45. The zero-order chi connectivity index (χ0) is 14.6. The van der Waals surface area contributed by atoms with Crippen LogP contribution in [0.4, 0.5) is 0 Å². The monoisotopic (exact) mass is 290 g/mol. The molecule has 0 fully saturated rings. The molecular formula is C15H14O4S. The molecule has 2 aromatic rings. The van der Waals surface area contributed by atoms with Crippen LogP contribution >= 0.6 is 0 Å². The largest absolute Gasteiger partial charge is 0.456 e. The van der Waals surface area contributed by atoms with Gasteiger partial charge in [0, 0.05) is 0 Å². The van der Waals surface area contributed by atoms with E-state index in [1.54, 1.807) is 42.5 Å². The Hall–Kier alpha value is -2.11. The van der Waals surface area contributed by atoms with Crippen LogP contribution in [0.3, 0.4) is 0 Å². The maximum atomic E-state index is 11.5. The Balaban J connectivity index is 2.55. The smallest absolute Gasteiger partial charge is 0.298 e. The van der Waals surface area contributed by atoms with E-state index in [9.17, 15) is 13.0 Å². The highest BCUT2D eigenvalue weighted by molar-refractivity contribution is 7.86. The summed E-state index contributed by atoms with van der Waals surface area (Å²) in [6.07, 6.45) is 2.08. The number of hydrogen-bond donors (Lipinski definition) is 1. The average Bonchev–Trinajstić information content (AvgIpc) is 2.41. The van der Waals surface area contributed by atoms with Crippen LogP contribution in [-0.4, -0.2) is 13.0 Å². The molecule has 0 radical (unpaired) electrons. The van der Waals surface area contributed by atoms with Gasteiger partial charge >= 0.3 is 0 Å². The molecule has 0 aliphatic carbocycles. The minimum atomic E-state index is -4.35. The van der Waals surface area contributed by atoms with Crippen LogP contribution in [0.2, 0.25) is 0 Å². The van der Waals surface area contributed by atoms with Crippen molar-refractivity contribution in [3.63, 3.8) is 0 Å². The van der Waals surface area contributed by atoms with Gasteiger partial charge < -0.3 is 4.74 Å². The first-order chi connectivity index (χ1) is 9.52. The standard InChI is InChI=1S/C15H14O4S/c1-2-7-12-8-6-11-14(20(16,17)18)15(12)19-13-9-4-3-5-10-13/h2-6,8-11H,1,7H2,(H,16,17,18). The van der Waals surface area contributed by atoms with Crippen molar-refractivity contribution in [3.8, 4) is 11.5 Å². The second-order valence-corrected chi connectivity index (χ2v) is 5.52. The van der Waals surface area contributed by atoms with Crippen molar-refractivity contribution >= 4 is 10.1 Å². The molecule has 0 atom stereocenters. The van der Waals surface area contributed by atoms with Gasteiger partial charge in [0.05, 0.1) is 0 Å². The fourth-order valence-electron chi connectivity index (χ4n) is 1.80. The highest BCUT2D eigenvalue weighted by atomic mass is 32.2. The molecule has 5 heteroatoms. The molecule has 20 heavy (non-hydrogen) atoms. The summed E-state index contributed by atoms with van der Waals surface area (Å²) in [7, 11) is -4.35. The average molecular weight is 290 g/mol. The number of hydrogen-bond acceptors (Lipinski definition) is 3. The lowest BCUT2D eigenvalue weighted by Crippen LogP contribution is -2.03. The first-order valence-electron chi connectivity index (χ1n) is 5.95. The van der Waals surface area contributed by atoms with Gasteiger partial charge in [-0.05, 0) is 30.2 Å². The predicted molar refractivity (Wildman–Crippen MR) is 76.7 cm³/mol. The molecule has 2 aromatic carbocycles. The van der Waals surface area contributed by atoms with Crippen LogP contribution in [0.25, 0.3) is 0 Å².